The summed E-state index contributed by atoms with van der Waals surface area (Å²) in [6.07, 6.45) is -3.15. The molecule has 0 saturated carbocycles. The van der Waals surface area contributed by atoms with E-state index in [-0.39, 0.29) is 6.42 Å². The largest absolute Gasteiger partial charge is 0.389 e. The summed E-state index contributed by atoms with van der Waals surface area (Å²) in [7, 11) is 0. The quantitative estimate of drug-likeness (QED) is 0.822. The second kappa shape index (κ2) is 5.59. The highest BCUT2D eigenvalue weighted by Crippen LogP contribution is 2.30. The van der Waals surface area contributed by atoms with Gasteiger partial charge in [0.05, 0.1) is 0 Å². The van der Waals surface area contributed by atoms with Crippen LogP contribution in [-0.2, 0) is 0 Å². The van der Waals surface area contributed by atoms with Crippen LogP contribution in [0, 0.1) is 0 Å². The van der Waals surface area contributed by atoms with E-state index in [0.29, 0.717) is 0 Å². The van der Waals surface area contributed by atoms with E-state index in [1.807, 2.05) is 18.4 Å². The second-order valence-electron chi connectivity index (χ2n) is 3.50. The molecule has 0 aliphatic rings. The molecule has 2 N–H and O–H groups in total. The van der Waals surface area contributed by atoms with Gasteiger partial charge in [-0.15, -0.1) is 11.8 Å². The highest BCUT2D eigenvalue weighted by molar-refractivity contribution is 7.98. The van der Waals surface area contributed by atoms with E-state index in [4.69, 9.17) is 5.73 Å². The van der Waals surface area contributed by atoms with E-state index >= 15 is 0 Å². The Morgan fingerprint density at radius 2 is 1.94 bits per heavy atom. The van der Waals surface area contributed by atoms with Gasteiger partial charge >= 0.3 is 6.18 Å². The van der Waals surface area contributed by atoms with Gasteiger partial charge in [0.15, 0.2) is 0 Å². The van der Waals surface area contributed by atoms with Crippen molar-refractivity contribution in [2.24, 2.45) is 5.73 Å². The van der Waals surface area contributed by atoms with E-state index in [2.05, 4.69) is 0 Å². The minimum atomic E-state index is -4.13. The highest BCUT2D eigenvalue weighted by atomic mass is 32.2. The van der Waals surface area contributed by atoms with Gasteiger partial charge in [-0.3, -0.25) is 0 Å². The van der Waals surface area contributed by atoms with E-state index in [9.17, 15) is 13.2 Å². The van der Waals surface area contributed by atoms with Crippen LogP contribution in [0.25, 0.3) is 0 Å². The third-order valence-corrected chi connectivity index (χ3v) is 3.09. The molecule has 0 fully saturated rings. The molecule has 5 heteroatoms. The Balaban J connectivity index is 2.69. The summed E-state index contributed by atoms with van der Waals surface area (Å²) in [6.45, 7) is 0. The predicted octanol–water partition coefficient (Wildman–Crippen LogP) is 3.75. The third-order valence-electron chi connectivity index (χ3n) is 2.28. The SMILES string of the molecule is CSc1ccccc1C(N)CCC(F)(F)F. The smallest absolute Gasteiger partial charge is 0.324 e. The molecule has 0 spiro atoms. The molecule has 0 radical (unpaired) electrons. The topological polar surface area (TPSA) is 26.0 Å². The molecule has 1 aromatic rings. The first-order valence-corrected chi connectivity index (χ1v) is 6.12. The van der Waals surface area contributed by atoms with E-state index in [1.165, 1.54) is 11.8 Å². The Morgan fingerprint density at radius 3 is 2.50 bits per heavy atom. The van der Waals surface area contributed by atoms with Gasteiger partial charge in [-0.2, -0.15) is 13.2 Å². The number of hydrogen-bond donors (Lipinski definition) is 1. The van der Waals surface area contributed by atoms with Crippen LogP contribution in [-0.4, -0.2) is 12.4 Å². The average Bonchev–Trinajstić information content (AvgIpc) is 2.25. The van der Waals surface area contributed by atoms with Crippen LogP contribution in [0.3, 0.4) is 0 Å². The molecule has 0 aromatic heterocycles. The minimum Gasteiger partial charge on any atom is -0.324 e. The number of thioether (sulfide) groups is 1. The molecule has 0 aliphatic carbocycles. The van der Waals surface area contributed by atoms with Crippen LogP contribution < -0.4 is 5.73 Å². The summed E-state index contributed by atoms with van der Waals surface area (Å²) in [5.41, 5.74) is 6.56. The molecule has 0 aliphatic heterocycles. The van der Waals surface area contributed by atoms with E-state index < -0.39 is 18.6 Å². The first-order valence-electron chi connectivity index (χ1n) is 4.89. The average molecular weight is 249 g/mol. The molecule has 1 atom stereocenters. The summed E-state index contributed by atoms with van der Waals surface area (Å²) in [5, 5.41) is 0. The van der Waals surface area contributed by atoms with Gasteiger partial charge in [-0.1, -0.05) is 18.2 Å². The maximum atomic E-state index is 12.1. The van der Waals surface area contributed by atoms with Gasteiger partial charge in [0.25, 0.3) is 0 Å². The number of rotatable bonds is 4. The van der Waals surface area contributed by atoms with Crippen LogP contribution >= 0.6 is 11.8 Å². The molecule has 0 saturated heterocycles. The summed E-state index contributed by atoms with van der Waals surface area (Å²) in [6, 6.07) is 6.75. The van der Waals surface area contributed by atoms with Crippen LogP contribution in [0.1, 0.15) is 24.4 Å². The molecule has 1 aromatic carbocycles. The lowest BCUT2D eigenvalue weighted by Crippen LogP contribution is -2.16. The fourth-order valence-corrected chi connectivity index (χ4v) is 2.12. The van der Waals surface area contributed by atoms with Crippen molar-refractivity contribution in [3.8, 4) is 0 Å². The summed E-state index contributed by atoms with van der Waals surface area (Å²) in [5.74, 6) is 0. The van der Waals surface area contributed by atoms with Crippen LogP contribution in [0.2, 0.25) is 0 Å². The summed E-state index contributed by atoms with van der Waals surface area (Å²) >= 11 is 1.50. The van der Waals surface area contributed by atoms with E-state index in [1.54, 1.807) is 12.1 Å². The van der Waals surface area contributed by atoms with Gasteiger partial charge in [-0.25, -0.2) is 0 Å². The maximum Gasteiger partial charge on any atom is 0.389 e. The zero-order valence-corrected chi connectivity index (χ0v) is 9.74. The van der Waals surface area contributed by atoms with Gasteiger partial charge in [0.2, 0.25) is 0 Å². The Labute approximate surface area is 97.2 Å². The third kappa shape index (κ3) is 4.06. The van der Waals surface area contributed by atoms with Crippen LogP contribution in [0.15, 0.2) is 29.2 Å². The number of halogens is 3. The normalized spacial score (nSPS) is 13.8. The van der Waals surface area contributed by atoms with Crippen molar-refractivity contribution in [2.75, 3.05) is 6.26 Å². The first kappa shape index (κ1) is 13.4. The van der Waals surface area contributed by atoms with Gasteiger partial charge in [0.1, 0.15) is 0 Å². The van der Waals surface area contributed by atoms with Crippen molar-refractivity contribution in [3.63, 3.8) is 0 Å². The highest BCUT2D eigenvalue weighted by Gasteiger charge is 2.28. The zero-order valence-electron chi connectivity index (χ0n) is 8.92. The monoisotopic (exact) mass is 249 g/mol. The molecule has 0 heterocycles. The lowest BCUT2D eigenvalue weighted by molar-refractivity contribution is -0.136. The molecule has 1 nitrogen and oxygen atoms in total. The Kier molecular flexibility index (Phi) is 4.68. The van der Waals surface area contributed by atoms with Gasteiger partial charge in [0, 0.05) is 17.4 Å². The second-order valence-corrected chi connectivity index (χ2v) is 4.35. The molecule has 0 bridgehead atoms. The van der Waals surface area contributed by atoms with Gasteiger partial charge < -0.3 is 5.73 Å². The number of nitrogens with two attached hydrogens (primary N) is 1. The Morgan fingerprint density at radius 1 is 1.31 bits per heavy atom. The lowest BCUT2D eigenvalue weighted by atomic mass is 10.0. The van der Waals surface area contributed by atoms with Crippen molar-refractivity contribution < 1.29 is 13.2 Å². The molecule has 1 rings (SSSR count). The molecule has 16 heavy (non-hydrogen) atoms. The molecule has 0 amide bonds. The molecular weight excluding hydrogens is 235 g/mol. The van der Waals surface area contributed by atoms with Crippen molar-refractivity contribution in [1.29, 1.82) is 0 Å². The summed E-state index contributed by atoms with van der Waals surface area (Å²) in [4.78, 5) is 0.942. The van der Waals surface area contributed by atoms with Crippen molar-refractivity contribution in [2.45, 2.75) is 30.0 Å². The maximum absolute atomic E-state index is 12.1. The number of hydrogen-bond acceptors (Lipinski definition) is 2. The Bertz CT molecular complexity index is 338. The fraction of sp³-hybridized carbons (Fsp3) is 0.455. The van der Waals surface area contributed by atoms with Gasteiger partial charge in [-0.05, 0) is 24.3 Å². The van der Waals surface area contributed by atoms with Crippen molar-refractivity contribution >= 4 is 11.8 Å². The predicted molar refractivity (Wildman–Crippen MR) is 60.4 cm³/mol. The lowest BCUT2D eigenvalue weighted by Gasteiger charge is -2.16. The van der Waals surface area contributed by atoms with Crippen LogP contribution in [0.5, 0.6) is 0 Å². The van der Waals surface area contributed by atoms with Crippen molar-refractivity contribution in [1.82, 2.24) is 0 Å². The summed E-state index contributed by atoms with van der Waals surface area (Å²) < 4.78 is 36.2. The molecular formula is C11H14F3NS. The Hall–Kier alpha value is -0.680. The standard InChI is InChI=1S/C11H14F3NS/c1-16-10-5-3-2-4-8(10)9(15)6-7-11(12,13)14/h2-5,9H,6-7,15H2,1H3. The number of alkyl halides is 3. The minimum absolute atomic E-state index is 0.0684. The first-order chi connectivity index (χ1) is 7.44. The number of benzene rings is 1. The van der Waals surface area contributed by atoms with Crippen LogP contribution in [0.4, 0.5) is 13.2 Å². The molecule has 1 unspecified atom stereocenters. The van der Waals surface area contributed by atoms with Crippen molar-refractivity contribution in [3.05, 3.63) is 29.8 Å². The fourth-order valence-electron chi connectivity index (χ4n) is 1.45. The van der Waals surface area contributed by atoms with E-state index in [0.717, 1.165) is 10.5 Å². The zero-order chi connectivity index (χ0) is 12.2. The molecule has 90 valence electrons.